The van der Waals surface area contributed by atoms with Gasteiger partial charge in [0.15, 0.2) is 10.4 Å². The number of ether oxygens (including phenoxy) is 1. The molecule has 2 unspecified atom stereocenters. The maximum absolute atomic E-state index is 13.1. The molecule has 0 saturated carbocycles. The number of hydrogen-bond acceptors (Lipinski definition) is 10. The number of aryl methyl sites for hydroxylation is 1. The highest BCUT2D eigenvalue weighted by molar-refractivity contribution is 8.01. The summed E-state index contributed by atoms with van der Waals surface area (Å²) in [6, 6.07) is 8.28. The molecule has 13 heteroatoms. The molecule has 0 spiro atoms. The molecule has 1 aromatic carbocycles. The van der Waals surface area contributed by atoms with Gasteiger partial charge in [-0.3, -0.25) is 14.5 Å². The number of methoxy groups -OCH3 is 1. The normalized spacial score (nSPS) is 23.1. The standard InChI is InChI=1S/C20H20N4O6S3/c1-10-22-23-19(33-10)32-9-12-8-31-18-20(30-2,17(29)24(18)13(12)16(27)28)21-15(26)14(25)11-6-4-3-5-7-11/h3-7,14,18,25H,8-9H2,1-2H3,(H,21,26)(H,27,28)/t14?,18-,20?/m1/s1. The number of nitrogens with zero attached hydrogens (tertiary/aromatic N) is 3. The number of carbonyl (C=O) groups excluding carboxylic acids is 2. The van der Waals surface area contributed by atoms with Crippen LogP contribution >= 0.6 is 34.9 Å². The van der Waals surface area contributed by atoms with Gasteiger partial charge in [0, 0.05) is 18.6 Å². The zero-order valence-corrected chi connectivity index (χ0v) is 20.0. The summed E-state index contributed by atoms with van der Waals surface area (Å²) in [4.78, 5) is 39.1. The molecule has 174 valence electrons. The third-order valence-corrected chi connectivity index (χ3v) is 8.62. The van der Waals surface area contributed by atoms with Crippen LogP contribution in [0.4, 0.5) is 0 Å². The predicted octanol–water partition coefficient (Wildman–Crippen LogP) is 1.38. The Labute approximate surface area is 201 Å². The van der Waals surface area contributed by atoms with Crippen LogP contribution in [0.1, 0.15) is 16.7 Å². The third-order valence-electron chi connectivity index (χ3n) is 5.18. The van der Waals surface area contributed by atoms with Crippen LogP contribution in [-0.2, 0) is 19.1 Å². The highest BCUT2D eigenvalue weighted by Gasteiger charge is 2.66. The van der Waals surface area contributed by atoms with E-state index in [4.69, 9.17) is 4.74 Å². The molecule has 2 aliphatic heterocycles. The van der Waals surface area contributed by atoms with Crippen LogP contribution in [0.15, 0.2) is 45.9 Å². The first-order valence-corrected chi connectivity index (χ1v) is 12.6. The van der Waals surface area contributed by atoms with Gasteiger partial charge < -0.3 is 20.3 Å². The minimum absolute atomic E-state index is 0.122. The predicted molar refractivity (Wildman–Crippen MR) is 122 cm³/mol. The lowest BCUT2D eigenvalue weighted by Crippen LogP contribution is -2.81. The SMILES string of the molecule is COC1(NC(=O)C(O)c2ccccc2)C(=O)N2C(C(=O)O)=C(CSc3nnc(C)s3)CS[C@@H]21. The van der Waals surface area contributed by atoms with Crippen LogP contribution in [0, 0.1) is 6.92 Å². The van der Waals surface area contributed by atoms with E-state index in [9.17, 15) is 24.6 Å². The Hall–Kier alpha value is -2.45. The monoisotopic (exact) mass is 508 g/mol. The Morgan fingerprint density at radius 3 is 2.70 bits per heavy atom. The average molecular weight is 509 g/mol. The molecular formula is C20H20N4O6S3. The molecule has 2 aliphatic rings. The van der Waals surface area contributed by atoms with Crippen molar-refractivity contribution >= 4 is 52.6 Å². The van der Waals surface area contributed by atoms with Crippen molar-refractivity contribution in [1.82, 2.24) is 20.4 Å². The van der Waals surface area contributed by atoms with Gasteiger partial charge in [-0.15, -0.1) is 22.0 Å². The molecule has 0 bridgehead atoms. The van der Waals surface area contributed by atoms with Crippen molar-refractivity contribution in [2.24, 2.45) is 0 Å². The quantitative estimate of drug-likeness (QED) is 0.272. The van der Waals surface area contributed by atoms with Crippen molar-refractivity contribution in [3.05, 3.63) is 52.2 Å². The Kier molecular flexibility index (Phi) is 6.77. The maximum Gasteiger partial charge on any atom is 0.352 e. The summed E-state index contributed by atoms with van der Waals surface area (Å²) in [5.74, 6) is -2.10. The number of amides is 2. The van der Waals surface area contributed by atoms with Crippen LogP contribution in [0.3, 0.4) is 0 Å². The summed E-state index contributed by atoms with van der Waals surface area (Å²) in [6.07, 6.45) is -1.51. The van der Waals surface area contributed by atoms with E-state index in [0.29, 0.717) is 27.0 Å². The summed E-state index contributed by atoms with van der Waals surface area (Å²) in [5, 5.41) is 30.7. The largest absolute Gasteiger partial charge is 0.477 e. The van der Waals surface area contributed by atoms with E-state index in [1.165, 1.54) is 42.0 Å². The number of nitrogens with one attached hydrogen (secondary N) is 1. The van der Waals surface area contributed by atoms with Crippen molar-refractivity contribution in [3.63, 3.8) is 0 Å². The van der Waals surface area contributed by atoms with Crippen molar-refractivity contribution in [3.8, 4) is 0 Å². The lowest BCUT2D eigenvalue weighted by atomic mass is 9.97. The first-order valence-electron chi connectivity index (χ1n) is 9.72. The van der Waals surface area contributed by atoms with Crippen LogP contribution in [0.2, 0.25) is 0 Å². The Bertz CT molecular complexity index is 1120. The first-order chi connectivity index (χ1) is 15.8. The average Bonchev–Trinajstić information content (AvgIpc) is 3.25. The molecule has 2 amide bonds. The number of β-lactam (4-membered cyclic amide) rings is 1. The smallest absolute Gasteiger partial charge is 0.352 e. The minimum Gasteiger partial charge on any atom is -0.477 e. The number of aliphatic carboxylic acids is 1. The molecule has 0 radical (unpaired) electrons. The van der Waals surface area contributed by atoms with Crippen LogP contribution in [-0.4, -0.2) is 72.8 Å². The maximum atomic E-state index is 13.1. The van der Waals surface area contributed by atoms with Gasteiger partial charge >= 0.3 is 5.97 Å². The number of aliphatic hydroxyl groups is 1. The van der Waals surface area contributed by atoms with E-state index in [1.807, 2.05) is 6.92 Å². The second-order valence-corrected chi connectivity index (χ2v) is 10.7. The van der Waals surface area contributed by atoms with E-state index in [2.05, 4.69) is 15.5 Å². The van der Waals surface area contributed by atoms with Gasteiger partial charge in [0.2, 0.25) is 0 Å². The van der Waals surface area contributed by atoms with Gasteiger partial charge in [-0.1, -0.05) is 53.4 Å². The van der Waals surface area contributed by atoms with Crippen LogP contribution in [0.5, 0.6) is 0 Å². The van der Waals surface area contributed by atoms with Gasteiger partial charge in [-0.2, -0.15) is 0 Å². The Morgan fingerprint density at radius 2 is 2.09 bits per heavy atom. The summed E-state index contributed by atoms with van der Waals surface area (Å²) in [7, 11) is 1.26. The van der Waals surface area contributed by atoms with E-state index >= 15 is 0 Å². The molecule has 10 nitrogen and oxygen atoms in total. The number of hydrogen-bond donors (Lipinski definition) is 3. The van der Waals surface area contributed by atoms with E-state index in [1.54, 1.807) is 30.3 Å². The molecule has 1 aromatic heterocycles. The highest BCUT2D eigenvalue weighted by Crippen LogP contribution is 2.47. The molecule has 0 aliphatic carbocycles. The van der Waals surface area contributed by atoms with Gasteiger partial charge in [-0.05, 0) is 18.1 Å². The van der Waals surface area contributed by atoms with Crippen molar-refractivity contribution < 1.29 is 29.3 Å². The van der Waals surface area contributed by atoms with E-state index in [-0.39, 0.29) is 5.70 Å². The topological polar surface area (TPSA) is 142 Å². The number of aliphatic hydroxyl groups excluding tert-OH is 1. The molecule has 1 saturated heterocycles. The number of fused-ring (bicyclic) bond motifs is 1. The summed E-state index contributed by atoms with van der Waals surface area (Å²) < 4.78 is 6.12. The molecule has 3 atom stereocenters. The summed E-state index contributed by atoms with van der Waals surface area (Å²) in [6.45, 7) is 1.83. The number of rotatable bonds is 8. The van der Waals surface area contributed by atoms with Gasteiger partial charge in [0.1, 0.15) is 16.1 Å². The van der Waals surface area contributed by atoms with Crippen molar-refractivity contribution in [2.75, 3.05) is 18.6 Å². The number of aromatic nitrogens is 2. The number of benzene rings is 1. The summed E-state index contributed by atoms with van der Waals surface area (Å²) in [5.41, 5.74) is -0.968. The summed E-state index contributed by atoms with van der Waals surface area (Å²) >= 11 is 4.04. The van der Waals surface area contributed by atoms with Crippen LogP contribution < -0.4 is 5.32 Å². The number of carboxylic acid groups (broad SMARTS) is 1. The van der Waals surface area contributed by atoms with E-state index in [0.717, 1.165) is 9.91 Å². The second kappa shape index (κ2) is 9.43. The zero-order chi connectivity index (χ0) is 23.8. The lowest BCUT2D eigenvalue weighted by Gasteiger charge is -2.55. The van der Waals surface area contributed by atoms with Crippen LogP contribution in [0.25, 0.3) is 0 Å². The zero-order valence-electron chi connectivity index (χ0n) is 17.5. The lowest BCUT2D eigenvalue weighted by molar-refractivity contribution is -0.193. The Balaban J connectivity index is 1.54. The molecule has 2 aromatic rings. The number of carbonyl (C=O) groups is 3. The molecule has 4 rings (SSSR count). The fourth-order valence-corrected chi connectivity index (χ4v) is 6.97. The van der Waals surface area contributed by atoms with Gasteiger partial charge in [-0.25, -0.2) is 4.79 Å². The minimum atomic E-state index is -1.77. The molecule has 3 heterocycles. The first kappa shape index (κ1) is 23.7. The van der Waals surface area contributed by atoms with Crippen molar-refractivity contribution in [1.29, 1.82) is 0 Å². The molecular weight excluding hydrogens is 488 g/mol. The second-order valence-electron chi connectivity index (χ2n) is 7.21. The van der Waals surface area contributed by atoms with Gasteiger partial charge in [0.25, 0.3) is 17.5 Å². The fraction of sp³-hybridized carbons (Fsp3) is 0.350. The number of thioether (sulfide) groups is 2. The highest BCUT2D eigenvalue weighted by atomic mass is 32.2. The fourth-order valence-electron chi connectivity index (χ4n) is 3.58. The molecule has 3 N–H and O–H groups in total. The molecule has 33 heavy (non-hydrogen) atoms. The van der Waals surface area contributed by atoms with E-state index < -0.39 is 35.0 Å². The van der Waals surface area contributed by atoms with Crippen molar-refractivity contribution in [2.45, 2.75) is 28.5 Å². The molecule has 1 fully saturated rings. The Morgan fingerprint density at radius 1 is 1.36 bits per heavy atom. The van der Waals surface area contributed by atoms with Gasteiger partial charge in [0.05, 0.1) is 0 Å². The number of carboxylic acids is 1. The third kappa shape index (κ3) is 4.26.